The van der Waals surface area contributed by atoms with Gasteiger partial charge in [-0.1, -0.05) is 25.3 Å². The number of anilines is 1. The number of hydrogen-bond acceptors (Lipinski definition) is 3. The van der Waals surface area contributed by atoms with Gasteiger partial charge in [-0.2, -0.15) is 0 Å². The quantitative estimate of drug-likeness (QED) is 0.907. The molecule has 0 saturated heterocycles. The molecule has 1 aromatic carbocycles. The minimum atomic E-state index is 0.259. The fraction of sp³-hybridized carbons (Fsp3) is 0.684. The molecule has 22 heavy (non-hydrogen) atoms. The van der Waals surface area contributed by atoms with Gasteiger partial charge in [-0.05, 0) is 57.9 Å². The van der Waals surface area contributed by atoms with Crippen molar-refractivity contribution in [2.24, 2.45) is 0 Å². The van der Waals surface area contributed by atoms with Crippen LogP contribution in [0.15, 0.2) is 18.2 Å². The zero-order valence-corrected chi connectivity index (χ0v) is 14.3. The van der Waals surface area contributed by atoms with Crippen molar-refractivity contribution in [3.05, 3.63) is 23.8 Å². The molecule has 0 bridgehead atoms. The summed E-state index contributed by atoms with van der Waals surface area (Å²) in [5.74, 6) is 0.996. The summed E-state index contributed by atoms with van der Waals surface area (Å²) in [7, 11) is 2.31. The number of nitrogens with one attached hydrogen (secondary N) is 1. The first-order valence-corrected chi connectivity index (χ1v) is 8.89. The Morgan fingerprint density at radius 1 is 1.27 bits per heavy atom. The van der Waals surface area contributed by atoms with E-state index in [1.165, 1.54) is 37.7 Å². The average Bonchev–Trinajstić information content (AvgIpc) is 2.55. The molecule has 2 unspecified atom stereocenters. The van der Waals surface area contributed by atoms with Gasteiger partial charge in [0.2, 0.25) is 0 Å². The van der Waals surface area contributed by atoms with E-state index >= 15 is 0 Å². The SMILES string of the molecule is CC1CNc2cc(CC(C)N(C)C3CCCCC3)ccc2O1. The first-order chi connectivity index (χ1) is 10.6. The monoisotopic (exact) mass is 302 g/mol. The van der Waals surface area contributed by atoms with Crippen LogP contribution in [-0.2, 0) is 6.42 Å². The third kappa shape index (κ3) is 3.57. The minimum absolute atomic E-state index is 0.259. The molecule has 3 nitrogen and oxygen atoms in total. The lowest BCUT2D eigenvalue weighted by molar-refractivity contribution is 0.145. The molecule has 1 aliphatic heterocycles. The van der Waals surface area contributed by atoms with Gasteiger partial charge in [0, 0.05) is 12.1 Å². The normalized spacial score (nSPS) is 23.5. The number of rotatable bonds is 4. The Kier molecular flexibility index (Phi) is 4.92. The van der Waals surface area contributed by atoms with Crippen molar-refractivity contribution in [2.75, 3.05) is 18.9 Å². The Morgan fingerprint density at radius 2 is 2.05 bits per heavy atom. The lowest BCUT2D eigenvalue weighted by Crippen LogP contribution is -2.40. The number of likely N-dealkylation sites (N-methyl/N-ethyl adjacent to an activating group) is 1. The standard InChI is InChI=1S/C19H30N2O/c1-14(21(3)17-7-5-4-6-8-17)11-16-9-10-19-18(12-16)20-13-15(2)22-19/h9-10,12,14-15,17,20H,4-8,11,13H2,1-3H3. The maximum atomic E-state index is 5.86. The van der Waals surface area contributed by atoms with Gasteiger partial charge in [-0.25, -0.2) is 0 Å². The van der Waals surface area contributed by atoms with E-state index in [4.69, 9.17) is 4.74 Å². The van der Waals surface area contributed by atoms with Crippen molar-refractivity contribution < 1.29 is 4.74 Å². The summed E-state index contributed by atoms with van der Waals surface area (Å²) in [5.41, 5.74) is 2.56. The Bertz CT molecular complexity index is 496. The highest BCUT2D eigenvalue weighted by Gasteiger charge is 2.22. The fourth-order valence-corrected chi connectivity index (χ4v) is 3.79. The van der Waals surface area contributed by atoms with Gasteiger partial charge in [0.1, 0.15) is 11.9 Å². The first kappa shape index (κ1) is 15.7. The second-order valence-electron chi connectivity index (χ2n) is 7.15. The van der Waals surface area contributed by atoms with Crippen molar-refractivity contribution >= 4 is 5.69 Å². The van der Waals surface area contributed by atoms with Crippen LogP contribution in [0.2, 0.25) is 0 Å². The molecule has 3 rings (SSSR count). The predicted molar refractivity (Wildman–Crippen MR) is 92.8 cm³/mol. The van der Waals surface area contributed by atoms with Gasteiger partial charge in [-0.15, -0.1) is 0 Å². The Balaban J connectivity index is 1.62. The summed E-state index contributed by atoms with van der Waals surface area (Å²) in [6, 6.07) is 7.99. The second kappa shape index (κ2) is 6.91. The third-order valence-electron chi connectivity index (χ3n) is 5.33. The van der Waals surface area contributed by atoms with Crippen molar-refractivity contribution in [3.63, 3.8) is 0 Å². The summed E-state index contributed by atoms with van der Waals surface area (Å²) in [6.45, 7) is 5.36. The van der Waals surface area contributed by atoms with E-state index in [2.05, 4.69) is 49.3 Å². The highest BCUT2D eigenvalue weighted by molar-refractivity contribution is 5.59. The molecule has 1 aliphatic carbocycles. The zero-order valence-electron chi connectivity index (χ0n) is 14.3. The molecule has 0 amide bonds. The van der Waals surface area contributed by atoms with Crippen LogP contribution in [0.5, 0.6) is 5.75 Å². The highest BCUT2D eigenvalue weighted by atomic mass is 16.5. The molecule has 2 atom stereocenters. The number of nitrogens with zero attached hydrogens (tertiary/aromatic N) is 1. The van der Waals surface area contributed by atoms with Crippen molar-refractivity contribution in [1.29, 1.82) is 0 Å². The number of ether oxygens (including phenoxy) is 1. The van der Waals surface area contributed by atoms with Crippen molar-refractivity contribution in [3.8, 4) is 5.75 Å². The topological polar surface area (TPSA) is 24.5 Å². The van der Waals surface area contributed by atoms with Crippen LogP contribution in [0.3, 0.4) is 0 Å². The maximum Gasteiger partial charge on any atom is 0.142 e. The third-order valence-corrected chi connectivity index (χ3v) is 5.33. The van der Waals surface area contributed by atoms with Crippen LogP contribution in [0.25, 0.3) is 0 Å². The van der Waals surface area contributed by atoms with Gasteiger partial charge in [0.15, 0.2) is 0 Å². The van der Waals surface area contributed by atoms with Gasteiger partial charge in [0.05, 0.1) is 12.2 Å². The Hall–Kier alpha value is -1.22. The summed E-state index contributed by atoms with van der Waals surface area (Å²) in [5, 5.41) is 3.48. The van der Waals surface area contributed by atoms with Crippen LogP contribution in [0, 0.1) is 0 Å². The molecule has 122 valence electrons. The molecular formula is C19H30N2O. The lowest BCUT2D eigenvalue weighted by Gasteiger charge is -2.36. The molecule has 1 fully saturated rings. The van der Waals surface area contributed by atoms with Crippen molar-refractivity contribution in [1.82, 2.24) is 4.90 Å². The Labute approximate surface area is 135 Å². The average molecular weight is 302 g/mol. The molecule has 0 spiro atoms. The van der Waals surface area contributed by atoms with Gasteiger partial charge >= 0.3 is 0 Å². The summed E-state index contributed by atoms with van der Waals surface area (Å²) in [4.78, 5) is 2.60. The molecule has 1 saturated carbocycles. The van der Waals surface area contributed by atoms with E-state index in [1.807, 2.05) is 0 Å². The predicted octanol–water partition coefficient (Wildman–Crippen LogP) is 4.07. The molecule has 1 heterocycles. The van der Waals surface area contributed by atoms with Crippen LogP contribution in [0.1, 0.15) is 51.5 Å². The van der Waals surface area contributed by atoms with Crippen LogP contribution in [-0.4, -0.2) is 36.7 Å². The minimum Gasteiger partial charge on any atom is -0.487 e. The molecule has 0 radical (unpaired) electrons. The van der Waals surface area contributed by atoms with E-state index in [9.17, 15) is 0 Å². The molecule has 3 heteroatoms. The number of benzene rings is 1. The molecule has 1 N–H and O–H groups in total. The van der Waals surface area contributed by atoms with Gasteiger partial charge in [-0.3, -0.25) is 0 Å². The largest absolute Gasteiger partial charge is 0.487 e. The number of fused-ring (bicyclic) bond motifs is 1. The molecular weight excluding hydrogens is 272 g/mol. The maximum absolute atomic E-state index is 5.86. The molecule has 2 aliphatic rings. The van der Waals surface area contributed by atoms with Crippen LogP contribution in [0.4, 0.5) is 5.69 Å². The smallest absolute Gasteiger partial charge is 0.142 e. The summed E-state index contributed by atoms with van der Waals surface area (Å²) in [6.07, 6.45) is 8.34. The van der Waals surface area contributed by atoms with Gasteiger partial charge in [0.25, 0.3) is 0 Å². The first-order valence-electron chi connectivity index (χ1n) is 8.89. The van der Waals surface area contributed by atoms with E-state index in [1.54, 1.807) is 0 Å². The Morgan fingerprint density at radius 3 is 2.82 bits per heavy atom. The fourth-order valence-electron chi connectivity index (χ4n) is 3.79. The van der Waals surface area contributed by atoms with Crippen LogP contribution >= 0.6 is 0 Å². The van der Waals surface area contributed by atoms with Gasteiger partial charge < -0.3 is 15.0 Å². The zero-order chi connectivity index (χ0) is 15.5. The van der Waals surface area contributed by atoms with Crippen molar-refractivity contribution in [2.45, 2.75) is 70.6 Å². The second-order valence-corrected chi connectivity index (χ2v) is 7.15. The van der Waals surface area contributed by atoms with E-state index in [0.717, 1.165) is 30.4 Å². The lowest BCUT2D eigenvalue weighted by atomic mass is 9.93. The summed E-state index contributed by atoms with van der Waals surface area (Å²) < 4.78 is 5.86. The van der Waals surface area contributed by atoms with E-state index in [-0.39, 0.29) is 6.10 Å². The van der Waals surface area contributed by atoms with E-state index < -0.39 is 0 Å². The number of hydrogen-bond donors (Lipinski definition) is 1. The van der Waals surface area contributed by atoms with Crippen LogP contribution < -0.4 is 10.1 Å². The molecule has 1 aromatic rings. The summed E-state index contributed by atoms with van der Waals surface area (Å²) >= 11 is 0. The molecule has 0 aromatic heterocycles. The highest BCUT2D eigenvalue weighted by Crippen LogP contribution is 2.31. The van der Waals surface area contributed by atoms with E-state index in [0.29, 0.717) is 6.04 Å².